The molecule has 0 bridgehead atoms. The maximum atomic E-state index is 12.9. The van der Waals surface area contributed by atoms with E-state index >= 15 is 0 Å². The molecule has 3 amide bonds. The SMILES string of the molecule is O=C(Nc1ccc2nn(CC(=O)N3CCN(C(=O)c4ccccc4)CC3)cc2c1)c1nc(C(F)(F)F)cs1. The molecule has 5 rings (SSSR count). The summed E-state index contributed by atoms with van der Waals surface area (Å²) in [6.07, 6.45) is -2.96. The van der Waals surface area contributed by atoms with Crippen LogP contribution in [0.4, 0.5) is 18.9 Å². The second-order valence-corrected chi connectivity index (χ2v) is 9.49. The molecule has 0 atom stereocenters. The number of piperazine rings is 1. The summed E-state index contributed by atoms with van der Waals surface area (Å²) in [6.45, 7) is 1.71. The number of nitrogens with one attached hydrogen (secondary N) is 1. The summed E-state index contributed by atoms with van der Waals surface area (Å²) in [7, 11) is 0. The molecule has 1 fully saturated rings. The number of alkyl halides is 3. The Bertz CT molecular complexity index is 1490. The van der Waals surface area contributed by atoms with E-state index in [1.165, 1.54) is 4.68 Å². The van der Waals surface area contributed by atoms with Gasteiger partial charge in [-0.15, -0.1) is 11.3 Å². The molecule has 0 radical (unpaired) electrons. The van der Waals surface area contributed by atoms with Gasteiger partial charge in [0.15, 0.2) is 10.7 Å². The summed E-state index contributed by atoms with van der Waals surface area (Å²) >= 11 is 0.609. The number of rotatable bonds is 5. The van der Waals surface area contributed by atoms with Crippen LogP contribution >= 0.6 is 11.3 Å². The third-order valence-electron chi connectivity index (χ3n) is 6.04. The topological polar surface area (TPSA) is 100 Å². The number of thiazole rings is 1. The fourth-order valence-corrected chi connectivity index (χ4v) is 4.81. The molecule has 1 aliphatic rings. The number of anilines is 1. The second-order valence-electron chi connectivity index (χ2n) is 8.63. The number of amides is 3. The van der Waals surface area contributed by atoms with Gasteiger partial charge < -0.3 is 15.1 Å². The molecule has 1 saturated heterocycles. The molecule has 2 aromatic heterocycles. The van der Waals surface area contributed by atoms with E-state index in [9.17, 15) is 27.6 Å². The Kier molecular flexibility index (Phi) is 6.85. The Morgan fingerprint density at radius 3 is 2.37 bits per heavy atom. The number of aromatic nitrogens is 3. The van der Waals surface area contributed by atoms with Crippen molar-refractivity contribution in [2.45, 2.75) is 12.7 Å². The lowest BCUT2D eigenvalue weighted by Gasteiger charge is -2.34. The van der Waals surface area contributed by atoms with E-state index in [4.69, 9.17) is 0 Å². The smallest absolute Gasteiger partial charge is 0.338 e. The fourth-order valence-electron chi connectivity index (χ4n) is 4.09. The Morgan fingerprint density at radius 2 is 1.68 bits per heavy atom. The third kappa shape index (κ3) is 5.52. The molecule has 38 heavy (non-hydrogen) atoms. The molecule has 196 valence electrons. The predicted octanol–water partition coefficient (Wildman–Crippen LogP) is 3.75. The summed E-state index contributed by atoms with van der Waals surface area (Å²) in [5, 5.41) is 8.07. The number of hydrogen-bond acceptors (Lipinski definition) is 6. The maximum Gasteiger partial charge on any atom is 0.434 e. The van der Waals surface area contributed by atoms with Crippen LogP contribution in [0.25, 0.3) is 10.9 Å². The van der Waals surface area contributed by atoms with Crippen LogP contribution in [0.1, 0.15) is 25.9 Å². The lowest BCUT2D eigenvalue weighted by atomic mass is 10.2. The first-order valence-corrected chi connectivity index (χ1v) is 12.5. The zero-order chi connectivity index (χ0) is 26.9. The summed E-state index contributed by atoms with van der Waals surface area (Å²) in [4.78, 5) is 44.6. The number of carbonyl (C=O) groups excluding carboxylic acids is 3. The Hall–Kier alpha value is -4.26. The quantitative estimate of drug-likeness (QED) is 0.414. The normalized spacial score (nSPS) is 14.1. The molecule has 1 N–H and O–H groups in total. The van der Waals surface area contributed by atoms with Crippen molar-refractivity contribution in [3.63, 3.8) is 0 Å². The minimum atomic E-state index is -4.62. The van der Waals surface area contributed by atoms with Crippen LogP contribution in [0.15, 0.2) is 60.1 Å². The van der Waals surface area contributed by atoms with Gasteiger partial charge in [-0.1, -0.05) is 18.2 Å². The van der Waals surface area contributed by atoms with Crippen molar-refractivity contribution in [1.82, 2.24) is 24.6 Å². The third-order valence-corrected chi connectivity index (χ3v) is 6.88. The van der Waals surface area contributed by atoms with Gasteiger partial charge in [0.1, 0.15) is 6.54 Å². The van der Waals surface area contributed by atoms with E-state index in [1.54, 1.807) is 46.3 Å². The van der Waals surface area contributed by atoms with Gasteiger partial charge >= 0.3 is 6.18 Å². The second kappa shape index (κ2) is 10.2. The van der Waals surface area contributed by atoms with Gasteiger partial charge in [-0.3, -0.25) is 19.1 Å². The van der Waals surface area contributed by atoms with Crippen molar-refractivity contribution in [3.8, 4) is 0 Å². The van der Waals surface area contributed by atoms with Crippen LogP contribution in [0.2, 0.25) is 0 Å². The first kappa shape index (κ1) is 25.4. The zero-order valence-corrected chi connectivity index (χ0v) is 20.6. The van der Waals surface area contributed by atoms with Crippen LogP contribution in [0.3, 0.4) is 0 Å². The standard InChI is InChI=1S/C25H21F3N6O3S/c26-25(27,28)20-15-38-23(30-20)22(36)29-18-6-7-19-17(12-18)13-34(31-19)14-21(35)32-8-10-33(11-9-32)24(37)16-4-2-1-3-5-16/h1-7,12-13,15H,8-11,14H2,(H,29,36). The van der Waals surface area contributed by atoms with Crippen molar-refractivity contribution >= 4 is 45.6 Å². The van der Waals surface area contributed by atoms with Crippen LogP contribution in [0.5, 0.6) is 0 Å². The van der Waals surface area contributed by atoms with Crippen molar-refractivity contribution in [3.05, 3.63) is 76.4 Å². The minimum absolute atomic E-state index is 0.00232. The first-order chi connectivity index (χ1) is 18.2. The van der Waals surface area contributed by atoms with Gasteiger partial charge in [0.25, 0.3) is 11.8 Å². The van der Waals surface area contributed by atoms with Gasteiger partial charge in [0.2, 0.25) is 5.91 Å². The summed E-state index contributed by atoms with van der Waals surface area (Å²) in [5.41, 5.74) is 0.445. The van der Waals surface area contributed by atoms with E-state index in [0.29, 0.717) is 59.7 Å². The molecule has 13 heteroatoms. The van der Waals surface area contributed by atoms with Crippen LogP contribution in [-0.4, -0.2) is 68.5 Å². The fraction of sp³-hybridized carbons (Fsp3) is 0.240. The highest BCUT2D eigenvalue weighted by Crippen LogP contribution is 2.30. The molecule has 9 nitrogen and oxygen atoms in total. The molecule has 0 spiro atoms. The number of nitrogens with zero attached hydrogens (tertiary/aromatic N) is 5. The predicted molar refractivity (Wildman–Crippen MR) is 134 cm³/mol. The highest BCUT2D eigenvalue weighted by molar-refractivity contribution is 7.11. The van der Waals surface area contributed by atoms with Gasteiger partial charge in [0, 0.05) is 54.4 Å². The maximum absolute atomic E-state index is 12.9. The lowest BCUT2D eigenvalue weighted by Crippen LogP contribution is -2.51. The van der Waals surface area contributed by atoms with E-state index in [1.807, 2.05) is 18.2 Å². The average Bonchev–Trinajstić information content (AvgIpc) is 3.56. The highest BCUT2D eigenvalue weighted by atomic mass is 32.1. The molecule has 4 aromatic rings. The van der Waals surface area contributed by atoms with Gasteiger partial charge in [-0.05, 0) is 30.3 Å². The van der Waals surface area contributed by atoms with E-state index in [0.717, 1.165) is 5.38 Å². The first-order valence-electron chi connectivity index (χ1n) is 11.6. The molecule has 0 aliphatic carbocycles. The van der Waals surface area contributed by atoms with E-state index in [-0.39, 0.29) is 23.4 Å². The monoisotopic (exact) mass is 542 g/mol. The van der Waals surface area contributed by atoms with Crippen molar-refractivity contribution < 1.29 is 27.6 Å². The summed E-state index contributed by atoms with van der Waals surface area (Å²) in [6, 6.07) is 13.8. The van der Waals surface area contributed by atoms with Gasteiger partial charge in [-0.25, -0.2) is 4.98 Å². The Labute approximate surface area is 218 Å². The number of fused-ring (bicyclic) bond motifs is 1. The zero-order valence-electron chi connectivity index (χ0n) is 19.8. The van der Waals surface area contributed by atoms with Crippen LogP contribution in [0, 0.1) is 0 Å². The highest BCUT2D eigenvalue weighted by Gasteiger charge is 2.34. The van der Waals surface area contributed by atoms with Crippen LogP contribution < -0.4 is 5.32 Å². The molecule has 0 saturated carbocycles. The molecular weight excluding hydrogens is 521 g/mol. The molecule has 1 aliphatic heterocycles. The van der Waals surface area contributed by atoms with Crippen LogP contribution in [-0.2, 0) is 17.5 Å². The van der Waals surface area contributed by atoms with Gasteiger partial charge in [-0.2, -0.15) is 18.3 Å². The Balaban J connectivity index is 1.18. The van der Waals surface area contributed by atoms with Crippen molar-refractivity contribution in [1.29, 1.82) is 0 Å². The van der Waals surface area contributed by atoms with Crippen molar-refractivity contribution in [2.75, 3.05) is 31.5 Å². The summed E-state index contributed by atoms with van der Waals surface area (Å²) in [5.74, 6) is -0.950. The minimum Gasteiger partial charge on any atom is -0.338 e. The molecular formula is C25H21F3N6O3S. The molecule has 0 unspecified atom stereocenters. The lowest BCUT2D eigenvalue weighted by molar-refractivity contribution is -0.140. The van der Waals surface area contributed by atoms with E-state index in [2.05, 4.69) is 15.4 Å². The summed E-state index contributed by atoms with van der Waals surface area (Å²) < 4.78 is 39.8. The molecule has 2 aromatic carbocycles. The molecule has 3 heterocycles. The Morgan fingerprint density at radius 1 is 0.974 bits per heavy atom. The van der Waals surface area contributed by atoms with E-state index < -0.39 is 17.8 Å². The number of hydrogen-bond donors (Lipinski definition) is 1. The largest absolute Gasteiger partial charge is 0.434 e. The van der Waals surface area contributed by atoms with Gasteiger partial charge in [0.05, 0.1) is 5.52 Å². The number of carbonyl (C=O) groups is 3. The average molecular weight is 543 g/mol. The number of benzene rings is 2. The van der Waals surface area contributed by atoms with Crippen molar-refractivity contribution in [2.24, 2.45) is 0 Å². The number of halogens is 3.